The van der Waals surface area contributed by atoms with Gasteiger partial charge < -0.3 is 10.1 Å². The lowest BCUT2D eigenvalue weighted by molar-refractivity contribution is -0.174. The molecule has 0 aromatic heterocycles. The van der Waals surface area contributed by atoms with Crippen molar-refractivity contribution in [1.29, 1.82) is 0 Å². The highest BCUT2D eigenvalue weighted by Gasteiger charge is 2.31. The maximum absolute atomic E-state index is 12.4. The molecular weight excluding hydrogens is 432 g/mol. The van der Waals surface area contributed by atoms with Crippen molar-refractivity contribution in [3.05, 3.63) is 27.7 Å². The molecule has 0 saturated heterocycles. The van der Waals surface area contributed by atoms with E-state index in [4.69, 9.17) is 23.2 Å². The number of amides is 1. The first-order chi connectivity index (χ1) is 12.4. The van der Waals surface area contributed by atoms with Gasteiger partial charge in [0.1, 0.15) is 11.5 Å². The molecule has 1 aliphatic carbocycles. The van der Waals surface area contributed by atoms with Crippen molar-refractivity contribution in [2.24, 2.45) is 0 Å². The number of carbonyl (C=O) groups is 1. The van der Waals surface area contributed by atoms with E-state index in [9.17, 15) is 26.4 Å². The minimum atomic E-state index is -4.47. The van der Waals surface area contributed by atoms with Crippen LogP contribution in [0.1, 0.15) is 30.1 Å². The van der Waals surface area contributed by atoms with E-state index >= 15 is 0 Å². The molecule has 0 aliphatic heterocycles. The van der Waals surface area contributed by atoms with Crippen molar-refractivity contribution in [2.45, 2.75) is 42.9 Å². The number of halogens is 5. The van der Waals surface area contributed by atoms with Gasteiger partial charge in [0.15, 0.2) is 0 Å². The average molecular weight is 449 g/mol. The maximum Gasteiger partial charge on any atom is 0.411 e. The second-order valence-electron chi connectivity index (χ2n) is 6.16. The van der Waals surface area contributed by atoms with E-state index in [1.54, 1.807) is 0 Å². The number of nitrogens with one attached hydrogen (secondary N) is 2. The number of benzene rings is 1. The summed E-state index contributed by atoms with van der Waals surface area (Å²) in [7, 11) is -3.93. The summed E-state index contributed by atoms with van der Waals surface area (Å²) in [4.78, 5) is 12.0. The zero-order chi connectivity index (χ0) is 20.4. The molecule has 27 heavy (non-hydrogen) atoms. The number of carbonyl (C=O) groups excluding carboxylic acids is 1. The number of ether oxygens (including phenoxy) is 1. The van der Waals surface area contributed by atoms with Gasteiger partial charge in [0, 0.05) is 12.1 Å². The monoisotopic (exact) mass is 448 g/mol. The molecule has 0 bridgehead atoms. The summed E-state index contributed by atoms with van der Waals surface area (Å²) in [6.45, 7) is -0.389. The third-order valence-electron chi connectivity index (χ3n) is 3.47. The lowest BCUT2D eigenvalue weighted by Gasteiger charge is -2.16. The highest BCUT2D eigenvalue weighted by Crippen LogP contribution is 2.30. The van der Waals surface area contributed by atoms with Crippen LogP contribution in [0.4, 0.5) is 13.2 Å². The number of alkyl halides is 3. The van der Waals surface area contributed by atoms with Gasteiger partial charge in [-0.05, 0) is 31.9 Å². The van der Waals surface area contributed by atoms with Crippen LogP contribution in [0.2, 0.25) is 10.0 Å². The molecule has 1 aromatic carbocycles. The Hall–Kier alpha value is -1.07. The van der Waals surface area contributed by atoms with Gasteiger partial charge in [-0.3, -0.25) is 4.79 Å². The van der Waals surface area contributed by atoms with Gasteiger partial charge in [-0.1, -0.05) is 23.2 Å². The number of sulfonamides is 1. The smallest absolute Gasteiger partial charge is 0.370 e. The predicted molar refractivity (Wildman–Crippen MR) is 93.6 cm³/mol. The summed E-state index contributed by atoms with van der Waals surface area (Å²) in [6.07, 6.45) is -3.04. The van der Waals surface area contributed by atoms with E-state index in [2.05, 4.69) is 14.8 Å². The van der Waals surface area contributed by atoms with Gasteiger partial charge >= 0.3 is 6.18 Å². The van der Waals surface area contributed by atoms with Crippen LogP contribution < -0.4 is 10.0 Å². The van der Waals surface area contributed by atoms with Gasteiger partial charge in [0.25, 0.3) is 5.91 Å². The number of hydrogen-bond donors (Lipinski definition) is 2. The Morgan fingerprint density at radius 1 is 1.30 bits per heavy atom. The maximum atomic E-state index is 12.4. The molecule has 1 aromatic rings. The second-order valence-corrected chi connectivity index (χ2v) is 8.66. The highest BCUT2D eigenvalue weighted by molar-refractivity contribution is 7.89. The summed E-state index contributed by atoms with van der Waals surface area (Å²) in [5.41, 5.74) is -0.167. The van der Waals surface area contributed by atoms with Crippen molar-refractivity contribution in [2.75, 3.05) is 13.2 Å². The molecule has 1 atom stereocenters. The molecule has 1 saturated carbocycles. The second kappa shape index (κ2) is 8.52. The van der Waals surface area contributed by atoms with E-state index in [1.807, 2.05) is 0 Å². The molecule has 1 unspecified atom stereocenters. The lowest BCUT2D eigenvalue weighted by Crippen LogP contribution is -2.37. The standard InChI is InChI=1S/C15H17Cl2F3N2O4S/c1-8(6-26-7-15(18,19)20)21-14(23)10-4-13(12(17)5-11(10)16)27(24,25)22-9-2-3-9/h4-5,8-9,22H,2-3,6-7H2,1H3,(H,21,23). The van der Waals surface area contributed by atoms with E-state index in [0.717, 1.165) is 12.1 Å². The Labute approximate surface area is 164 Å². The van der Waals surface area contributed by atoms with Crippen LogP contribution in [0.5, 0.6) is 0 Å². The Morgan fingerprint density at radius 3 is 2.48 bits per heavy atom. The summed E-state index contributed by atoms with van der Waals surface area (Å²) in [6, 6.07) is 1.24. The van der Waals surface area contributed by atoms with E-state index in [-0.39, 0.29) is 33.2 Å². The fraction of sp³-hybridized carbons (Fsp3) is 0.533. The zero-order valence-corrected chi connectivity index (χ0v) is 16.4. The molecule has 152 valence electrons. The molecule has 0 radical (unpaired) electrons. The van der Waals surface area contributed by atoms with E-state index in [0.29, 0.717) is 12.8 Å². The van der Waals surface area contributed by atoms with Crippen LogP contribution in [0, 0.1) is 0 Å². The largest absolute Gasteiger partial charge is 0.411 e. The number of hydrogen-bond acceptors (Lipinski definition) is 4. The predicted octanol–water partition coefficient (Wildman–Crippen LogP) is 3.13. The van der Waals surface area contributed by atoms with Crippen molar-refractivity contribution >= 4 is 39.1 Å². The zero-order valence-electron chi connectivity index (χ0n) is 14.1. The molecule has 6 nitrogen and oxygen atoms in total. The SMILES string of the molecule is CC(COCC(F)(F)F)NC(=O)c1cc(S(=O)(=O)NC2CC2)c(Cl)cc1Cl. The van der Waals surface area contributed by atoms with Gasteiger partial charge in [-0.15, -0.1) is 0 Å². The van der Waals surface area contributed by atoms with Crippen molar-refractivity contribution in [3.8, 4) is 0 Å². The average Bonchev–Trinajstić information content (AvgIpc) is 3.28. The Morgan fingerprint density at radius 2 is 1.93 bits per heavy atom. The van der Waals surface area contributed by atoms with E-state index < -0.39 is 34.8 Å². The number of rotatable bonds is 8. The Balaban J connectivity index is 2.10. The molecule has 12 heteroatoms. The van der Waals surface area contributed by atoms with Crippen LogP contribution in [0.3, 0.4) is 0 Å². The summed E-state index contributed by atoms with van der Waals surface area (Å²) in [5, 5.41) is 2.16. The minimum Gasteiger partial charge on any atom is -0.370 e. The molecule has 1 amide bonds. The summed E-state index contributed by atoms with van der Waals surface area (Å²) >= 11 is 11.9. The molecule has 1 aliphatic rings. The first-order valence-electron chi connectivity index (χ1n) is 7.86. The Kier molecular flexibility index (Phi) is 7.01. The Bertz CT molecular complexity index is 814. The normalized spacial score (nSPS) is 16.2. The van der Waals surface area contributed by atoms with E-state index in [1.165, 1.54) is 6.92 Å². The molecular formula is C15H17Cl2F3N2O4S. The fourth-order valence-corrected chi connectivity index (χ4v) is 4.25. The van der Waals surface area contributed by atoms with Crippen LogP contribution in [-0.4, -0.2) is 45.8 Å². The van der Waals surface area contributed by atoms with Gasteiger partial charge in [-0.2, -0.15) is 13.2 Å². The van der Waals surface area contributed by atoms with Gasteiger partial charge in [0.2, 0.25) is 10.0 Å². The van der Waals surface area contributed by atoms with Crippen LogP contribution in [0.25, 0.3) is 0 Å². The van der Waals surface area contributed by atoms with Crippen LogP contribution >= 0.6 is 23.2 Å². The third-order valence-corrected chi connectivity index (χ3v) is 5.76. The van der Waals surface area contributed by atoms with Crippen LogP contribution in [0.15, 0.2) is 17.0 Å². The molecule has 2 N–H and O–H groups in total. The topological polar surface area (TPSA) is 84.5 Å². The van der Waals surface area contributed by atoms with Crippen molar-refractivity contribution in [3.63, 3.8) is 0 Å². The minimum absolute atomic E-state index is 0.0914. The first-order valence-corrected chi connectivity index (χ1v) is 10.1. The van der Waals surface area contributed by atoms with Crippen LogP contribution in [-0.2, 0) is 14.8 Å². The lowest BCUT2D eigenvalue weighted by atomic mass is 10.2. The molecule has 0 spiro atoms. The molecule has 2 rings (SSSR count). The summed E-state index contributed by atoms with van der Waals surface area (Å²) < 4.78 is 67.8. The summed E-state index contributed by atoms with van der Waals surface area (Å²) in [5.74, 6) is -0.761. The third kappa shape index (κ3) is 6.79. The van der Waals surface area contributed by atoms with Crippen molar-refractivity contribution in [1.82, 2.24) is 10.0 Å². The molecule has 0 heterocycles. The molecule has 1 fully saturated rings. The van der Waals surface area contributed by atoms with Gasteiger partial charge in [-0.25, -0.2) is 13.1 Å². The quantitative estimate of drug-likeness (QED) is 0.639. The first kappa shape index (κ1) is 22.2. The van der Waals surface area contributed by atoms with Gasteiger partial charge in [0.05, 0.1) is 22.2 Å². The highest BCUT2D eigenvalue weighted by atomic mass is 35.5. The van der Waals surface area contributed by atoms with Crippen molar-refractivity contribution < 1.29 is 31.1 Å². The fourth-order valence-electron chi connectivity index (χ4n) is 2.09.